The van der Waals surface area contributed by atoms with Gasteiger partial charge in [0.2, 0.25) is 5.91 Å². The van der Waals surface area contributed by atoms with Crippen LogP contribution in [0.2, 0.25) is 0 Å². The number of nitrogens with one attached hydrogen (secondary N) is 1. The van der Waals surface area contributed by atoms with E-state index in [-0.39, 0.29) is 18.7 Å². The third-order valence-corrected chi connectivity index (χ3v) is 4.14. The number of carbonyl (C=O) groups excluding carboxylic acids is 1. The zero-order valence-electron chi connectivity index (χ0n) is 13.0. The van der Waals surface area contributed by atoms with Gasteiger partial charge in [0.1, 0.15) is 5.76 Å². The van der Waals surface area contributed by atoms with E-state index >= 15 is 0 Å². The summed E-state index contributed by atoms with van der Waals surface area (Å²) in [5.41, 5.74) is 0.724. The van der Waals surface area contributed by atoms with Crippen LogP contribution in [0.4, 0.5) is 0 Å². The molecule has 0 radical (unpaired) electrons. The number of amides is 1. The zero-order valence-corrected chi connectivity index (χ0v) is 13.8. The van der Waals surface area contributed by atoms with Crippen molar-refractivity contribution in [3.05, 3.63) is 29.0 Å². The molecule has 0 aromatic carbocycles. The van der Waals surface area contributed by atoms with Gasteiger partial charge in [-0.2, -0.15) is 0 Å². The number of carboxylic acid groups (broad SMARTS) is 1. The molecular weight excluding hydrogens is 316 g/mol. The molecule has 0 unspecified atom stereocenters. The first-order valence-corrected chi connectivity index (χ1v) is 8.42. The Morgan fingerprint density at radius 1 is 1.30 bits per heavy atom. The number of carboxylic acids is 1. The van der Waals surface area contributed by atoms with Crippen molar-refractivity contribution in [1.29, 1.82) is 0 Å². The molecule has 0 aliphatic carbocycles. The standard InChI is InChI=1S/C16H20N2O4S/c1-11-6-7-13(22-11)16-18-12(10-23-16)9-14(19)17-8-4-2-3-5-15(20)21/h6-7,10H,2-5,8-9H2,1H3,(H,17,19)(H,20,21). The van der Waals surface area contributed by atoms with Crippen LogP contribution in [-0.4, -0.2) is 28.5 Å². The van der Waals surface area contributed by atoms with E-state index in [1.54, 1.807) is 0 Å². The van der Waals surface area contributed by atoms with Crippen LogP contribution in [0.5, 0.6) is 0 Å². The van der Waals surface area contributed by atoms with Gasteiger partial charge in [-0.3, -0.25) is 9.59 Å². The van der Waals surface area contributed by atoms with E-state index in [4.69, 9.17) is 9.52 Å². The molecule has 0 atom stereocenters. The number of hydrogen-bond acceptors (Lipinski definition) is 5. The fourth-order valence-corrected chi connectivity index (χ4v) is 2.86. The Hall–Kier alpha value is -2.15. The highest BCUT2D eigenvalue weighted by Gasteiger charge is 2.11. The molecule has 0 saturated carbocycles. The number of nitrogens with zero attached hydrogens (tertiary/aromatic N) is 1. The molecule has 2 aromatic rings. The van der Waals surface area contributed by atoms with E-state index in [0.29, 0.717) is 13.0 Å². The SMILES string of the molecule is Cc1ccc(-c2nc(CC(=O)NCCCCCC(=O)O)cs2)o1. The number of aliphatic carboxylic acids is 1. The third kappa shape index (κ3) is 5.86. The van der Waals surface area contributed by atoms with Gasteiger partial charge in [0.25, 0.3) is 0 Å². The largest absolute Gasteiger partial charge is 0.481 e. The second-order valence-corrected chi connectivity index (χ2v) is 6.14. The lowest BCUT2D eigenvalue weighted by Crippen LogP contribution is -2.26. The van der Waals surface area contributed by atoms with Gasteiger partial charge in [-0.25, -0.2) is 4.98 Å². The first-order valence-electron chi connectivity index (χ1n) is 7.54. The summed E-state index contributed by atoms with van der Waals surface area (Å²) in [5, 5.41) is 14.0. The highest BCUT2D eigenvalue weighted by molar-refractivity contribution is 7.13. The maximum atomic E-state index is 11.8. The first kappa shape index (κ1) is 17.2. The summed E-state index contributed by atoms with van der Waals surface area (Å²) in [4.78, 5) is 26.6. The summed E-state index contributed by atoms with van der Waals surface area (Å²) in [5.74, 6) is 0.700. The Labute approximate surface area is 138 Å². The molecule has 124 valence electrons. The average molecular weight is 336 g/mol. The van der Waals surface area contributed by atoms with Gasteiger partial charge in [0.05, 0.1) is 12.1 Å². The fourth-order valence-electron chi connectivity index (χ4n) is 2.08. The maximum Gasteiger partial charge on any atom is 0.303 e. The number of hydrogen-bond donors (Lipinski definition) is 2. The average Bonchev–Trinajstić information content (AvgIpc) is 3.11. The molecule has 6 nitrogen and oxygen atoms in total. The second-order valence-electron chi connectivity index (χ2n) is 5.29. The molecule has 0 bridgehead atoms. The number of carbonyl (C=O) groups is 2. The van der Waals surface area contributed by atoms with E-state index in [0.717, 1.165) is 35.1 Å². The Morgan fingerprint density at radius 3 is 2.83 bits per heavy atom. The molecule has 0 aliphatic heterocycles. The van der Waals surface area contributed by atoms with Crippen molar-refractivity contribution in [2.45, 2.75) is 39.0 Å². The molecule has 2 N–H and O–H groups in total. The molecule has 0 spiro atoms. The summed E-state index contributed by atoms with van der Waals surface area (Å²) in [6.07, 6.45) is 2.65. The number of aryl methyl sites for hydroxylation is 1. The van der Waals surface area contributed by atoms with Crippen LogP contribution in [0.25, 0.3) is 10.8 Å². The fraction of sp³-hybridized carbons (Fsp3) is 0.438. The van der Waals surface area contributed by atoms with Crippen molar-refractivity contribution in [2.24, 2.45) is 0 Å². The molecule has 7 heteroatoms. The van der Waals surface area contributed by atoms with E-state index in [9.17, 15) is 9.59 Å². The van der Waals surface area contributed by atoms with Crippen molar-refractivity contribution in [2.75, 3.05) is 6.54 Å². The summed E-state index contributed by atoms with van der Waals surface area (Å²) < 4.78 is 5.51. The Balaban J connectivity index is 1.69. The van der Waals surface area contributed by atoms with Crippen LogP contribution in [0.3, 0.4) is 0 Å². The Bertz CT molecular complexity index is 663. The molecular formula is C16H20N2O4S. The van der Waals surface area contributed by atoms with Crippen LogP contribution in [0, 0.1) is 6.92 Å². The van der Waals surface area contributed by atoms with Crippen LogP contribution in [0.15, 0.2) is 21.9 Å². The monoisotopic (exact) mass is 336 g/mol. The number of unbranched alkanes of at least 4 members (excludes halogenated alkanes) is 2. The van der Waals surface area contributed by atoms with Crippen LogP contribution >= 0.6 is 11.3 Å². The van der Waals surface area contributed by atoms with Gasteiger partial charge in [0.15, 0.2) is 10.8 Å². The predicted octanol–water partition coefficient (Wildman–Crippen LogP) is 3.02. The van der Waals surface area contributed by atoms with Crippen LogP contribution in [-0.2, 0) is 16.0 Å². The topological polar surface area (TPSA) is 92.4 Å². The lowest BCUT2D eigenvalue weighted by molar-refractivity contribution is -0.137. The molecule has 2 rings (SSSR count). The highest BCUT2D eigenvalue weighted by atomic mass is 32.1. The molecule has 0 aliphatic rings. The lowest BCUT2D eigenvalue weighted by atomic mass is 10.2. The minimum absolute atomic E-state index is 0.0734. The zero-order chi connectivity index (χ0) is 16.7. The van der Waals surface area contributed by atoms with Gasteiger partial charge in [-0.15, -0.1) is 11.3 Å². The van der Waals surface area contributed by atoms with Crippen molar-refractivity contribution >= 4 is 23.2 Å². The van der Waals surface area contributed by atoms with Crippen molar-refractivity contribution < 1.29 is 19.1 Å². The normalized spacial score (nSPS) is 10.7. The van der Waals surface area contributed by atoms with Gasteiger partial charge in [-0.1, -0.05) is 6.42 Å². The minimum Gasteiger partial charge on any atom is -0.481 e. The molecule has 2 heterocycles. The molecule has 0 saturated heterocycles. The molecule has 2 aromatic heterocycles. The van der Waals surface area contributed by atoms with E-state index in [2.05, 4.69) is 10.3 Å². The van der Waals surface area contributed by atoms with Crippen LogP contribution in [0.1, 0.15) is 37.1 Å². The maximum absolute atomic E-state index is 11.8. The van der Waals surface area contributed by atoms with Crippen molar-refractivity contribution in [3.63, 3.8) is 0 Å². The minimum atomic E-state index is -0.778. The molecule has 23 heavy (non-hydrogen) atoms. The Kier molecular flexibility index (Phi) is 6.34. The van der Waals surface area contributed by atoms with Gasteiger partial charge >= 0.3 is 5.97 Å². The van der Waals surface area contributed by atoms with Crippen LogP contribution < -0.4 is 5.32 Å². The third-order valence-electron chi connectivity index (χ3n) is 3.23. The highest BCUT2D eigenvalue weighted by Crippen LogP contribution is 2.25. The quantitative estimate of drug-likeness (QED) is 0.687. The van der Waals surface area contributed by atoms with Crippen molar-refractivity contribution in [1.82, 2.24) is 10.3 Å². The lowest BCUT2D eigenvalue weighted by Gasteiger charge is -2.03. The first-order chi connectivity index (χ1) is 11.0. The van der Waals surface area contributed by atoms with Gasteiger partial charge < -0.3 is 14.8 Å². The van der Waals surface area contributed by atoms with E-state index < -0.39 is 5.97 Å². The predicted molar refractivity (Wildman–Crippen MR) is 87.4 cm³/mol. The van der Waals surface area contributed by atoms with Gasteiger partial charge in [0, 0.05) is 18.3 Å². The van der Waals surface area contributed by atoms with E-state index in [1.165, 1.54) is 11.3 Å². The second kappa shape index (κ2) is 8.47. The summed E-state index contributed by atoms with van der Waals surface area (Å²) >= 11 is 1.46. The van der Waals surface area contributed by atoms with Crippen molar-refractivity contribution in [3.8, 4) is 10.8 Å². The number of aromatic nitrogens is 1. The number of furan rings is 1. The molecule has 1 amide bonds. The smallest absolute Gasteiger partial charge is 0.303 e. The summed E-state index contributed by atoms with van der Waals surface area (Å²) in [6, 6.07) is 3.75. The summed E-state index contributed by atoms with van der Waals surface area (Å²) in [7, 11) is 0. The number of thiazole rings is 1. The number of rotatable bonds is 9. The Morgan fingerprint density at radius 2 is 2.13 bits per heavy atom. The summed E-state index contributed by atoms with van der Waals surface area (Å²) in [6.45, 7) is 2.44. The molecule has 0 fully saturated rings. The van der Waals surface area contributed by atoms with E-state index in [1.807, 2.05) is 24.4 Å². The van der Waals surface area contributed by atoms with Gasteiger partial charge in [-0.05, 0) is 31.9 Å².